The van der Waals surface area contributed by atoms with Crippen molar-refractivity contribution < 1.29 is 26.8 Å². The van der Waals surface area contributed by atoms with Crippen LogP contribution in [0.2, 0.25) is 0 Å². The van der Waals surface area contributed by atoms with Crippen molar-refractivity contribution in [3.63, 3.8) is 0 Å². The summed E-state index contributed by atoms with van der Waals surface area (Å²) in [5.41, 5.74) is 1.04. The normalized spacial score (nSPS) is 12.0. The number of amides is 2. The molecule has 34 heavy (non-hydrogen) atoms. The molecule has 0 aliphatic rings. The lowest BCUT2D eigenvalue weighted by atomic mass is 10.1. The highest BCUT2D eigenvalue weighted by Crippen LogP contribution is 2.22. The maximum Gasteiger partial charge on any atom is 0.253 e. The van der Waals surface area contributed by atoms with Gasteiger partial charge < -0.3 is 10.6 Å². The molecule has 0 bridgehead atoms. The minimum atomic E-state index is -4.00. The van der Waals surface area contributed by atoms with Crippen molar-refractivity contribution in [2.24, 2.45) is 0 Å². The van der Waals surface area contributed by atoms with E-state index in [0.717, 1.165) is 24.0 Å². The Hall–Kier alpha value is -3.79. The van der Waals surface area contributed by atoms with Crippen molar-refractivity contribution in [3.8, 4) is 0 Å². The van der Waals surface area contributed by atoms with Gasteiger partial charge in [0.25, 0.3) is 5.91 Å². The number of nitrogens with one attached hydrogen (secondary N) is 2. The monoisotopic (exact) mass is 487 g/mol. The van der Waals surface area contributed by atoms with E-state index in [4.69, 9.17) is 0 Å². The average molecular weight is 488 g/mol. The van der Waals surface area contributed by atoms with Crippen LogP contribution in [0.4, 0.5) is 20.2 Å². The molecule has 0 aliphatic carbocycles. The Morgan fingerprint density at radius 2 is 1.59 bits per heavy atom. The molecular weight excluding hydrogens is 464 g/mol. The lowest BCUT2D eigenvalue weighted by Crippen LogP contribution is -2.38. The summed E-state index contributed by atoms with van der Waals surface area (Å²) in [6, 6.07) is 17.8. The van der Waals surface area contributed by atoms with Gasteiger partial charge in [0.15, 0.2) is 11.6 Å². The third-order valence-electron chi connectivity index (χ3n) is 4.97. The molecule has 178 valence electrons. The zero-order chi connectivity index (χ0) is 24.9. The summed E-state index contributed by atoms with van der Waals surface area (Å²) in [7, 11) is -4.00. The molecule has 0 unspecified atom stereocenters. The molecule has 7 nitrogen and oxygen atoms in total. The SMILES string of the molecule is C[C@H](NC(=O)c1ccccc1NC(=O)CN(c1ccc(F)c(F)c1)S(C)(=O)=O)c1ccccc1. The minimum absolute atomic E-state index is 0.170. The number of para-hydroxylation sites is 1. The zero-order valence-electron chi connectivity index (χ0n) is 18.5. The van der Waals surface area contributed by atoms with E-state index in [2.05, 4.69) is 10.6 Å². The molecule has 3 rings (SSSR count). The number of anilines is 2. The number of benzene rings is 3. The predicted octanol–water partition coefficient (Wildman–Crippen LogP) is 3.86. The minimum Gasteiger partial charge on any atom is -0.345 e. The van der Waals surface area contributed by atoms with Gasteiger partial charge in [0, 0.05) is 6.07 Å². The third kappa shape index (κ3) is 6.16. The van der Waals surface area contributed by atoms with Gasteiger partial charge in [0.05, 0.1) is 29.2 Å². The predicted molar refractivity (Wildman–Crippen MR) is 126 cm³/mol. The first kappa shape index (κ1) is 24.8. The number of halogens is 2. The number of nitrogens with zero attached hydrogens (tertiary/aromatic N) is 1. The Balaban J connectivity index is 1.78. The number of hydrogen-bond acceptors (Lipinski definition) is 4. The van der Waals surface area contributed by atoms with Gasteiger partial charge >= 0.3 is 0 Å². The maximum atomic E-state index is 13.6. The summed E-state index contributed by atoms with van der Waals surface area (Å²) < 4.78 is 52.0. The van der Waals surface area contributed by atoms with E-state index in [1.807, 2.05) is 37.3 Å². The topological polar surface area (TPSA) is 95.6 Å². The lowest BCUT2D eigenvalue weighted by Gasteiger charge is -2.22. The second kappa shape index (κ2) is 10.4. The van der Waals surface area contributed by atoms with Gasteiger partial charge in [-0.25, -0.2) is 17.2 Å². The van der Waals surface area contributed by atoms with E-state index in [1.165, 1.54) is 12.1 Å². The largest absolute Gasteiger partial charge is 0.345 e. The quantitative estimate of drug-likeness (QED) is 0.504. The highest BCUT2D eigenvalue weighted by atomic mass is 32.2. The Morgan fingerprint density at radius 3 is 2.24 bits per heavy atom. The van der Waals surface area contributed by atoms with Gasteiger partial charge in [-0.1, -0.05) is 42.5 Å². The molecule has 3 aromatic rings. The molecule has 0 spiro atoms. The fraction of sp³-hybridized carbons (Fsp3) is 0.167. The Labute approximate surface area is 196 Å². The first-order valence-electron chi connectivity index (χ1n) is 10.2. The summed E-state index contributed by atoms with van der Waals surface area (Å²) in [6.07, 6.45) is 0.841. The summed E-state index contributed by atoms with van der Waals surface area (Å²) in [5.74, 6) is -3.60. The Morgan fingerprint density at radius 1 is 0.941 bits per heavy atom. The van der Waals surface area contributed by atoms with Crippen LogP contribution in [-0.2, 0) is 14.8 Å². The fourth-order valence-electron chi connectivity index (χ4n) is 3.25. The van der Waals surface area contributed by atoms with Crippen molar-refractivity contribution in [1.29, 1.82) is 0 Å². The lowest BCUT2D eigenvalue weighted by molar-refractivity contribution is -0.114. The number of hydrogen-bond donors (Lipinski definition) is 2. The molecule has 0 saturated carbocycles. The molecule has 3 aromatic carbocycles. The van der Waals surface area contributed by atoms with Crippen LogP contribution in [0.1, 0.15) is 28.9 Å². The molecule has 0 aromatic heterocycles. The van der Waals surface area contributed by atoms with Gasteiger partial charge in [-0.15, -0.1) is 0 Å². The van der Waals surface area contributed by atoms with Crippen LogP contribution in [0.15, 0.2) is 72.8 Å². The van der Waals surface area contributed by atoms with Gasteiger partial charge in [-0.2, -0.15) is 0 Å². The van der Waals surface area contributed by atoms with E-state index in [0.29, 0.717) is 10.4 Å². The molecule has 10 heteroatoms. The van der Waals surface area contributed by atoms with Crippen LogP contribution < -0.4 is 14.9 Å². The van der Waals surface area contributed by atoms with Crippen molar-refractivity contribution in [2.45, 2.75) is 13.0 Å². The number of carbonyl (C=O) groups excluding carboxylic acids is 2. The standard InChI is InChI=1S/C24H23F2N3O4S/c1-16(17-8-4-3-5-9-17)27-24(31)19-10-6-7-11-22(19)28-23(30)15-29(34(2,32)33)18-12-13-20(25)21(26)14-18/h3-14,16H,15H2,1-2H3,(H,27,31)(H,28,30)/t16-/m0/s1. The van der Waals surface area contributed by atoms with Crippen molar-refractivity contribution in [3.05, 3.63) is 95.6 Å². The van der Waals surface area contributed by atoms with Crippen LogP contribution in [0, 0.1) is 11.6 Å². The first-order valence-corrected chi connectivity index (χ1v) is 12.1. The van der Waals surface area contributed by atoms with E-state index in [-0.39, 0.29) is 23.0 Å². The Kier molecular flexibility index (Phi) is 7.62. The average Bonchev–Trinajstić information content (AvgIpc) is 2.79. The molecule has 1 atom stereocenters. The van der Waals surface area contributed by atoms with Crippen molar-refractivity contribution in [2.75, 3.05) is 22.4 Å². The molecule has 0 aliphatic heterocycles. The zero-order valence-corrected chi connectivity index (χ0v) is 19.3. The molecule has 0 heterocycles. The van der Waals surface area contributed by atoms with Crippen LogP contribution in [0.3, 0.4) is 0 Å². The van der Waals surface area contributed by atoms with E-state index in [9.17, 15) is 26.8 Å². The van der Waals surface area contributed by atoms with Gasteiger partial charge in [0.1, 0.15) is 6.54 Å². The molecule has 2 amide bonds. The van der Waals surface area contributed by atoms with Crippen LogP contribution >= 0.6 is 0 Å². The van der Waals surface area contributed by atoms with Gasteiger partial charge in [-0.3, -0.25) is 13.9 Å². The first-order chi connectivity index (χ1) is 16.1. The summed E-state index contributed by atoms with van der Waals surface area (Å²) in [4.78, 5) is 25.6. The molecule has 0 saturated heterocycles. The third-order valence-corrected chi connectivity index (χ3v) is 6.11. The fourth-order valence-corrected chi connectivity index (χ4v) is 4.10. The van der Waals surface area contributed by atoms with E-state index in [1.54, 1.807) is 12.1 Å². The highest BCUT2D eigenvalue weighted by Gasteiger charge is 2.23. The second-order valence-electron chi connectivity index (χ2n) is 7.57. The second-order valence-corrected chi connectivity index (χ2v) is 9.47. The van der Waals surface area contributed by atoms with Crippen LogP contribution in [0.5, 0.6) is 0 Å². The van der Waals surface area contributed by atoms with Crippen LogP contribution in [-0.4, -0.2) is 33.0 Å². The Bertz CT molecular complexity index is 1300. The summed E-state index contributed by atoms with van der Waals surface area (Å²) in [5, 5.41) is 5.38. The molecule has 2 N–H and O–H groups in total. The van der Waals surface area contributed by atoms with Crippen molar-refractivity contribution in [1.82, 2.24) is 5.32 Å². The number of sulfonamides is 1. The van der Waals surface area contributed by atoms with E-state index >= 15 is 0 Å². The summed E-state index contributed by atoms with van der Waals surface area (Å²) >= 11 is 0. The van der Waals surface area contributed by atoms with E-state index < -0.39 is 40.0 Å². The molecule has 0 radical (unpaired) electrons. The number of carbonyl (C=O) groups is 2. The maximum absolute atomic E-state index is 13.6. The number of rotatable bonds is 8. The molecule has 0 fully saturated rings. The smallest absolute Gasteiger partial charge is 0.253 e. The van der Waals surface area contributed by atoms with Crippen molar-refractivity contribution >= 4 is 33.2 Å². The van der Waals surface area contributed by atoms with Crippen LogP contribution in [0.25, 0.3) is 0 Å². The summed E-state index contributed by atoms with van der Waals surface area (Å²) in [6.45, 7) is 1.11. The van der Waals surface area contributed by atoms with Gasteiger partial charge in [-0.05, 0) is 36.8 Å². The molecular formula is C24H23F2N3O4S. The highest BCUT2D eigenvalue weighted by molar-refractivity contribution is 7.92. The van der Waals surface area contributed by atoms with Gasteiger partial charge in [0.2, 0.25) is 15.9 Å².